The fourth-order valence-electron chi connectivity index (χ4n) is 13.5. The number of hydrogen-bond donors (Lipinski definition) is 0. The highest BCUT2D eigenvalue weighted by atomic mass is 15.2. The molecule has 0 radical (unpaired) electrons. The predicted octanol–water partition coefficient (Wildman–Crippen LogP) is 20.3. The molecule has 0 saturated carbocycles. The van der Waals surface area contributed by atoms with Crippen molar-refractivity contribution in [2.75, 3.05) is 9.80 Å². The van der Waals surface area contributed by atoms with Gasteiger partial charge in [-0.3, -0.25) is 0 Å². The van der Waals surface area contributed by atoms with Crippen LogP contribution >= 0.6 is 0 Å². The average Bonchev–Trinajstić information content (AvgIpc) is 3.73. The molecule has 362 valence electrons. The van der Waals surface area contributed by atoms with E-state index in [1.165, 1.54) is 166 Å². The summed E-state index contributed by atoms with van der Waals surface area (Å²) in [5.74, 6) is 0. The number of anilines is 6. The zero-order valence-corrected chi connectivity index (χ0v) is 45.1. The summed E-state index contributed by atoms with van der Waals surface area (Å²) in [5, 5.41) is 10.3. The number of rotatable bonds is 6. The van der Waals surface area contributed by atoms with Crippen LogP contribution in [0.3, 0.4) is 0 Å². The lowest BCUT2D eigenvalue weighted by molar-refractivity contribution is 0.661. The summed E-state index contributed by atoms with van der Waals surface area (Å²) in [6.45, 7) is 27.6. The maximum absolute atomic E-state index is 2.56. The van der Waals surface area contributed by atoms with Crippen LogP contribution in [-0.2, 0) is 10.8 Å². The first-order chi connectivity index (χ1) is 35.5. The van der Waals surface area contributed by atoms with E-state index in [9.17, 15) is 0 Å². The molecule has 11 aromatic carbocycles. The van der Waals surface area contributed by atoms with Gasteiger partial charge >= 0.3 is 0 Å². The van der Waals surface area contributed by atoms with Crippen LogP contribution in [0.4, 0.5) is 34.1 Å². The lowest BCUT2D eigenvalue weighted by atomic mass is 9.80. The van der Waals surface area contributed by atoms with Crippen LogP contribution in [0.15, 0.2) is 170 Å². The van der Waals surface area contributed by atoms with Gasteiger partial charge in [0, 0.05) is 44.4 Å². The van der Waals surface area contributed by atoms with Crippen LogP contribution in [0.25, 0.3) is 65.3 Å². The van der Waals surface area contributed by atoms with Crippen LogP contribution in [0, 0.1) is 55.4 Å². The van der Waals surface area contributed by atoms with Gasteiger partial charge in [-0.05, 0) is 215 Å². The molecule has 2 aliphatic carbocycles. The second-order valence-electron chi connectivity index (χ2n) is 23.1. The Morgan fingerprint density at radius 3 is 0.892 bits per heavy atom. The SMILES string of the molecule is Cc1ccc(N(c2ccc(C)cc2C)c2cc3c(c4ccccc24)-c2cc4ccc5cc6c(cc5c4cc2C3(C)C)C(C)(C)c2cc(N(c3ccc(C)cc3C)c3ccc(C)cc3C)c3ccccc3c2-6)c(C)c1. The van der Waals surface area contributed by atoms with Crippen molar-refractivity contribution in [3.8, 4) is 22.3 Å². The first kappa shape index (κ1) is 45.9. The Morgan fingerprint density at radius 1 is 0.270 bits per heavy atom. The van der Waals surface area contributed by atoms with Crippen molar-refractivity contribution in [2.45, 2.75) is 93.9 Å². The van der Waals surface area contributed by atoms with Crippen molar-refractivity contribution in [3.05, 3.63) is 237 Å². The Morgan fingerprint density at radius 2 is 0.581 bits per heavy atom. The van der Waals surface area contributed by atoms with Crippen molar-refractivity contribution < 1.29 is 0 Å². The van der Waals surface area contributed by atoms with Crippen molar-refractivity contribution in [2.24, 2.45) is 0 Å². The van der Waals surface area contributed by atoms with Gasteiger partial charge in [-0.2, -0.15) is 0 Å². The summed E-state index contributed by atoms with van der Waals surface area (Å²) >= 11 is 0. The molecule has 0 N–H and O–H groups in total. The highest BCUT2D eigenvalue weighted by Crippen LogP contribution is 2.59. The van der Waals surface area contributed by atoms with Crippen LogP contribution in [-0.4, -0.2) is 0 Å². The van der Waals surface area contributed by atoms with Crippen molar-refractivity contribution in [1.82, 2.24) is 0 Å². The summed E-state index contributed by atoms with van der Waals surface area (Å²) in [7, 11) is 0. The molecule has 0 amide bonds. The van der Waals surface area contributed by atoms with Gasteiger partial charge in [-0.1, -0.05) is 159 Å². The second-order valence-corrected chi connectivity index (χ2v) is 23.1. The van der Waals surface area contributed by atoms with E-state index in [1.54, 1.807) is 0 Å². The molecule has 2 nitrogen and oxygen atoms in total. The number of hydrogen-bond acceptors (Lipinski definition) is 2. The number of benzene rings is 11. The maximum atomic E-state index is 2.56. The standard InChI is InChI=1S/C72H64N2/c1-41-21-27-63(45(5)31-41)73(64-28-22-42(2)32-46(64)6)67-39-61-69(53-19-15-13-17-51(53)67)57-35-49-25-26-50-36-58-60(38-56(50)55(49)37-59(57)71(61,9)10)72(11,12)62-40-68(52-18-14-16-20-54(52)70(58)62)74(65-29-23-43(3)33-47(65)7)66-30-24-44(4)34-48(66)8/h13-40H,1-12H3. The van der Waals surface area contributed by atoms with E-state index in [2.05, 4.69) is 263 Å². The maximum Gasteiger partial charge on any atom is 0.0543 e. The van der Waals surface area contributed by atoms with Gasteiger partial charge in [0.25, 0.3) is 0 Å². The van der Waals surface area contributed by atoms with Crippen LogP contribution in [0.5, 0.6) is 0 Å². The minimum absolute atomic E-state index is 0.269. The molecule has 0 heterocycles. The van der Waals surface area contributed by atoms with Gasteiger partial charge in [0.15, 0.2) is 0 Å². The highest BCUT2D eigenvalue weighted by Gasteiger charge is 2.41. The molecule has 11 aromatic rings. The van der Waals surface area contributed by atoms with Gasteiger partial charge in [0.2, 0.25) is 0 Å². The monoisotopic (exact) mass is 957 g/mol. The second kappa shape index (κ2) is 16.3. The molecule has 0 spiro atoms. The summed E-state index contributed by atoms with van der Waals surface area (Å²) in [6, 6.07) is 65.8. The summed E-state index contributed by atoms with van der Waals surface area (Å²) < 4.78 is 0. The van der Waals surface area contributed by atoms with Gasteiger partial charge in [-0.25, -0.2) is 0 Å². The fourth-order valence-corrected chi connectivity index (χ4v) is 13.5. The third kappa shape index (κ3) is 6.70. The van der Waals surface area contributed by atoms with Gasteiger partial charge in [-0.15, -0.1) is 0 Å². The Bertz CT molecular complexity index is 3860. The minimum Gasteiger partial charge on any atom is -0.309 e. The molecule has 2 heteroatoms. The lowest BCUT2D eigenvalue weighted by Crippen LogP contribution is -2.18. The molecule has 0 fully saturated rings. The Kier molecular flexibility index (Phi) is 10.1. The minimum atomic E-state index is -0.269. The normalized spacial score (nSPS) is 13.9. The Hall–Kier alpha value is -7.94. The number of aryl methyl sites for hydroxylation is 8. The Balaban J connectivity index is 1.000. The molecule has 0 aliphatic heterocycles. The van der Waals surface area contributed by atoms with Crippen LogP contribution in [0.2, 0.25) is 0 Å². The van der Waals surface area contributed by atoms with E-state index in [-0.39, 0.29) is 10.8 Å². The lowest BCUT2D eigenvalue weighted by Gasteiger charge is -2.32. The van der Waals surface area contributed by atoms with Crippen LogP contribution < -0.4 is 9.80 Å². The molecule has 2 aliphatic rings. The molecule has 0 saturated heterocycles. The van der Waals surface area contributed by atoms with Gasteiger partial charge < -0.3 is 9.80 Å². The van der Waals surface area contributed by atoms with Crippen molar-refractivity contribution >= 4 is 77.2 Å². The zero-order chi connectivity index (χ0) is 51.3. The molecule has 74 heavy (non-hydrogen) atoms. The van der Waals surface area contributed by atoms with E-state index < -0.39 is 0 Å². The predicted molar refractivity (Wildman–Crippen MR) is 319 cm³/mol. The molecule has 13 rings (SSSR count). The zero-order valence-electron chi connectivity index (χ0n) is 45.1. The quantitative estimate of drug-likeness (QED) is 0.153. The third-order valence-electron chi connectivity index (χ3n) is 17.2. The topological polar surface area (TPSA) is 6.48 Å². The first-order valence-corrected chi connectivity index (χ1v) is 26.6. The van der Waals surface area contributed by atoms with E-state index in [0.29, 0.717) is 0 Å². The van der Waals surface area contributed by atoms with E-state index in [1.807, 2.05) is 0 Å². The summed E-state index contributed by atoms with van der Waals surface area (Å²) in [6.07, 6.45) is 0. The van der Waals surface area contributed by atoms with Gasteiger partial charge in [0.1, 0.15) is 0 Å². The molecule has 0 aromatic heterocycles. The number of fused-ring (bicyclic) bond motifs is 13. The first-order valence-electron chi connectivity index (χ1n) is 26.6. The van der Waals surface area contributed by atoms with Crippen LogP contribution in [0.1, 0.15) is 94.5 Å². The number of nitrogens with zero attached hydrogens (tertiary/aromatic N) is 2. The molecular formula is C72H64N2. The van der Waals surface area contributed by atoms with E-state index >= 15 is 0 Å². The summed E-state index contributed by atoms with van der Waals surface area (Å²) in [5.41, 5.74) is 27.8. The molecule has 0 bridgehead atoms. The van der Waals surface area contributed by atoms with Crippen molar-refractivity contribution in [3.63, 3.8) is 0 Å². The Labute approximate surface area is 437 Å². The molecule has 0 atom stereocenters. The van der Waals surface area contributed by atoms with Gasteiger partial charge in [0.05, 0.1) is 11.4 Å². The molecular weight excluding hydrogens is 893 g/mol. The van der Waals surface area contributed by atoms with Crippen molar-refractivity contribution in [1.29, 1.82) is 0 Å². The van der Waals surface area contributed by atoms with E-state index in [4.69, 9.17) is 0 Å². The molecule has 0 unspecified atom stereocenters. The average molecular weight is 957 g/mol. The summed E-state index contributed by atoms with van der Waals surface area (Å²) in [4.78, 5) is 5.07. The highest BCUT2D eigenvalue weighted by molar-refractivity contribution is 6.17. The van der Waals surface area contributed by atoms with E-state index in [0.717, 1.165) is 0 Å². The fraction of sp³-hybridized carbons (Fsp3) is 0.194. The smallest absolute Gasteiger partial charge is 0.0543 e. The third-order valence-corrected chi connectivity index (χ3v) is 17.2. The largest absolute Gasteiger partial charge is 0.309 e.